The van der Waals surface area contributed by atoms with Crippen LogP contribution in [-0.4, -0.2) is 49.2 Å². The second-order valence-electron chi connectivity index (χ2n) is 4.89. The average molecular weight is 304 g/mol. The summed E-state index contributed by atoms with van der Waals surface area (Å²) in [6.45, 7) is 2.08. The first-order valence-corrected chi connectivity index (χ1v) is 6.09. The zero-order valence-electron chi connectivity index (χ0n) is 10.9. The molecule has 0 saturated carbocycles. The Hall–Kier alpha value is -0.530. The Balaban J connectivity index is 0.00000324. The normalized spacial score (nSPS) is 22.5. The van der Waals surface area contributed by atoms with Gasteiger partial charge in [0.25, 0.3) is 0 Å². The molecule has 0 aliphatic carbocycles. The fraction of sp³-hybridized carbons (Fsp3) is 0.909. The van der Waals surface area contributed by atoms with E-state index in [0.29, 0.717) is 12.5 Å². The van der Waals surface area contributed by atoms with Gasteiger partial charge in [0.05, 0.1) is 6.54 Å². The van der Waals surface area contributed by atoms with Crippen molar-refractivity contribution in [1.29, 1.82) is 0 Å². The summed E-state index contributed by atoms with van der Waals surface area (Å²) < 4.78 is 35.8. The number of nitrogens with two attached hydrogens (primary N) is 1. The van der Waals surface area contributed by atoms with E-state index in [1.54, 1.807) is 0 Å². The van der Waals surface area contributed by atoms with Crippen molar-refractivity contribution < 1.29 is 18.0 Å². The molecule has 0 aromatic heterocycles. The summed E-state index contributed by atoms with van der Waals surface area (Å²) in [6.07, 6.45) is -2.41. The van der Waals surface area contributed by atoms with Gasteiger partial charge in [-0.1, -0.05) is 0 Å². The molecule has 0 aromatic carbocycles. The third kappa shape index (κ3) is 7.59. The molecule has 0 spiro atoms. The number of likely N-dealkylation sites (tertiary alicyclic amines) is 1. The van der Waals surface area contributed by atoms with E-state index in [1.807, 2.05) is 17.1 Å². The van der Waals surface area contributed by atoms with Gasteiger partial charge in [-0.2, -0.15) is 13.2 Å². The highest BCUT2D eigenvalue weighted by Crippen LogP contribution is 2.18. The quantitative estimate of drug-likeness (QED) is 0.819. The second kappa shape index (κ2) is 7.91. The van der Waals surface area contributed by atoms with Crippen LogP contribution in [0.25, 0.3) is 0 Å². The summed E-state index contributed by atoms with van der Waals surface area (Å²) in [5.41, 5.74) is 5.80. The van der Waals surface area contributed by atoms with Crippen LogP contribution in [0.3, 0.4) is 0 Å². The highest BCUT2D eigenvalue weighted by atomic mass is 35.5. The number of rotatable bonds is 4. The van der Waals surface area contributed by atoms with Gasteiger partial charge in [-0.3, -0.25) is 9.69 Å². The first-order valence-electron chi connectivity index (χ1n) is 6.09. The molecule has 0 bridgehead atoms. The lowest BCUT2D eigenvalue weighted by atomic mass is 9.92. The van der Waals surface area contributed by atoms with E-state index in [2.05, 4.69) is 0 Å². The van der Waals surface area contributed by atoms with Gasteiger partial charge in [-0.15, -0.1) is 12.4 Å². The maximum Gasteiger partial charge on any atom is 0.405 e. The molecule has 0 radical (unpaired) electrons. The lowest BCUT2D eigenvalue weighted by Gasteiger charge is -2.34. The largest absolute Gasteiger partial charge is 0.405 e. The van der Waals surface area contributed by atoms with Crippen LogP contribution < -0.4 is 11.1 Å². The Bertz CT molecular complexity index is 287. The average Bonchev–Trinajstić information content (AvgIpc) is 2.26. The van der Waals surface area contributed by atoms with Gasteiger partial charge in [0.15, 0.2) is 0 Å². The monoisotopic (exact) mass is 303 g/mol. The number of alkyl halides is 3. The van der Waals surface area contributed by atoms with Crippen LogP contribution in [0.5, 0.6) is 0 Å². The van der Waals surface area contributed by atoms with Crippen molar-refractivity contribution in [3.05, 3.63) is 0 Å². The molecular weight excluding hydrogens is 283 g/mol. The summed E-state index contributed by atoms with van der Waals surface area (Å²) in [7, 11) is 0. The van der Waals surface area contributed by atoms with E-state index >= 15 is 0 Å². The number of hydrogen-bond donors (Lipinski definition) is 2. The molecule has 4 nitrogen and oxygen atoms in total. The predicted molar refractivity (Wildman–Crippen MR) is 69.1 cm³/mol. The SMILES string of the molecule is CC(N)C1CCCN(CC(=O)NCC(F)(F)F)C1.Cl. The molecule has 3 N–H and O–H groups in total. The van der Waals surface area contributed by atoms with E-state index in [-0.39, 0.29) is 25.0 Å². The number of hydrogen-bond acceptors (Lipinski definition) is 3. The summed E-state index contributed by atoms with van der Waals surface area (Å²) in [6, 6.07) is 0.0473. The fourth-order valence-electron chi connectivity index (χ4n) is 2.12. The predicted octanol–water partition coefficient (Wildman–Crippen LogP) is 1.15. The van der Waals surface area contributed by atoms with Crippen LogP contribution in [0.15, 0.2) is 0 Å². The lowest BCUT2D eigenvalue weighted by Crippen LogP contribution is -2.47. The van der Waals surface area contributed by atoms with Crippen LogP contribution in [-0.2, 0) is 4.79 Å². The number of carbonyl (C=O) groups excluding carboxylic acids is 1. The van der Waals surface area contributed by atoms with Crippen molar-refractivity contribution in [1.82, 2.24) is 10.2 Å². The van der Waals surface area contributed by atoms with Crippen molar-refractivity contribution in [2.24, 2.45) is 11.7 Å². The standard InChI is InChI=1S/C11H20F3N3O.ClH/c1-8(15)9-3-2-4-17(5-9)6-10(18)16-7-11(12,13)14;/h8-9H,2-7,15H2,1H3,(H,16,18);1H. The van der Waals surface area contributed by atoms with Gasteiger partial charge >= 0.3 is 6.18 Å². The molecule has 114 valence electrons. The van der Waals surface area contributed by atoms with E-state index < -0.39 is 18.6 Å². The summed E-state index contributed by atoms with van der Waals surface area (Å²) in [4.78, 5) is 13.2. The minimum atomic E-state index is -4.36. The first kappa shape index (κ1) is 18.5. The molecule has 1 amide bonds. The van der Waals surface area contributed by atoms with Gasteiger partial charge < -0.3 is 11.1 Å². The second-order valence-corrected chi connectivity index (χ2v) is 4.89. The number of piperidine rings is 1. The molecule has 2 atom stereocenters. The molecule has 1 aliphatic heterocycles. The lowest BCUT2D eigenvalue weighted by molar-refractivity contribution is -0.139. The maximum absolute atomic E-state index is 11.9. The molecule has 1 rings (SSSR count). The van der Waals surface area contributed by atoms with E-state index in [9.17, 15) is 18.0 Å². The maximum atomic E-state index is 11.9. The highest BCUT2D eigenvalue weighted by Gasteiger charge is 2.29. The number of amides is 1. The van der Waals surface area contributed by atoms with Gasteiger partial charge in [-0.25, -0.2) is 0 Å². The zero-order chi connectivity index (χ0) is 13.8. The minimum Gasteiger partial charge on any atom is -0.346 e. The Morgan fingerprint density at radius 1 is 1.53 bits per heavy atom. The van der Waals surface area contributed by atoms with Crippen LogP contribution in [0.2, 0.25) is 0 Å². The Morgan fingerprint density at radius 2 is 2.16 bits per heavy atom. The molecule has 1 saturated heterocycles. The van der Waals surface area contributed by atoms with Crippen LogP contribution >= 0.6 is 12.4 Å². The van der Waals surface area contributed by atoms with Crippen molar-refractivity contribution in [3.63, 3.8) is 0 Å². The number of nitrogens with zero attached hydrogens (tertiary/aromatic N) is 1. The molecule has 1 fully saturated rings. The Labute approximate surface area is 117 Å². The number of carbonyl (C=O) groups is 1. The van der Waals surface area contributed by atoms with Gasteiger partial charge in [0, 0.05) is 12.6 Å². The molecule has 1 aliphatic rings. The molecule has 2 unspecified atom stereocenters. The highest BCUT2D eigenvalue weighted by molar-refractivity contribution is 5.85. The van der Waals surface area contributed by atoms with Crippen LogP contribution in [0, 0.1) is 5.92 Å². The van der Waals surface area contributed by atoms with E-state index in [4.69, 9.17) is 5.73 Å². The van der Waals surface area contributed by atoms with Crippen molar-refractivity contribution in [2.75, 3.05) is 26.2 Å². The summed E-state index contributed by atoms with van der Waals surface area (Å²) >= 11 is 0. The van der Waals surface area contributed by atoms with E-state index in [0.717, 1.165) is 19.4 Å². The van der Waals surface area contributed by atoms with Gasteiger partial charge in [0.1, 0.15) is 6.54 Å². The molecule has 0 aromatic rings. The van der Waals surface area contributed by atoms with Crippen LogP contribution in [0.1, 0.15) is 19.8 Å². The van der Waals surface area contributed by atoms with Crippen LogP contribution in [0.4, 0.5) is 13.2 Å². The summed E-state index contributed by atoms with van der Waals surface area (Å²) in [5, 5.41) is 1.88. The molecule has 19 heavy (non-hydrogen) atoms. The van der Waals surface area contributed by atoms with Gasteiger partial charge in [-0.05, 0) is 32.2 Å². The molecule has 1 heterocycles. The first-order chi connectivity index (χ1) is 8.28. The van der Waals surface area contributed by atoms with Crippen molar-refractivity contribution in [3.8, 4) is 0 Å². The molecular formula is C11H21ClF3N3O. The smallest absolute Gasteiger partial charge is 0.346 e. The third-order valence-corrected chi connectivity index (χ3v) is 3.14. The molecule has 8 heteroatoms. The zero-order valence-corrected chi connectivity index (χ0v) is 11.7. The number of halogens is 4. The van der Waals surface area contributed by atoms with Crippen molar-refractivity contribution in [2.45, 2.75) is 32.0 Å². The number of nitrogens with one attached hydrogen (secondary N) is 1. The summed E-state index contributed by atoms with van der Waals surface area (Å²) in [5.74, 6) is -0.271. The Morgan fingerprint density at radius 3 is 2.68 bits per heavy atom. The van der Waals surface area contributed by atoms with E-state index in [1.165, 1.54) is 0 Å². The van der Waals surface area contributed by atoms with Crippen molar-refractivity contribution >= 4 is 18.3 Å². The topological polar surface area (TPSA) is 58.4 Å². The third-order valence-electron chi connectivity index (χ3n) is 3.14. The van der Waals surface area contributed by atoms with Gasteiger partial charge in [0.2, 0.25) is 5.91 Å². The Kier molecular flexibility index (Phi) is 7.69. The minimum absolute atomic E-state index is 0. The fourth-order valence-corrected chi connectivity index (χ4v) is 2.12.